The highest BCUT2D eigenvalue weighted by Crippen LogP contribution is 2.23. The molecule has 0 bridgehead atoms. The maximum absolute atomic E-state index is 12.6. The van der Waals surface area contributed by atoms with E-state index in [1.165, 1.54) is 0 Å². The average molecular weight is 391 g/mol. The Morgan fingerprint density at radius 2 is 2.00 bits per heavy atom. The highest BCUT2D eigenvalue weighted by atomic mass is 16.2. The number of fused-ring (bicyclic) bond motifs is 1. The standard InChI is InChI=1S/C22H25N5O2/c1-2-27-13-12-19(26-27)22(29)23-14-15-8-10-17-18(11-9-15)24-20(25-21(17)28)16-6-4-3-5-7-16/h3-7,12-13,15H,2,8-11,14H2,1H3,(H,23,29)(H,24,25,28). The summed E-state index contributed by atoms with van der Waals surface area (Å²) < 4.78 is 1.74. The molecule has 150 valence electrons. The van der Waals surface area contributed by atoms with Crippen LogP contribution < -0.4 is 10.9 Å². The Hall–Kier alpha value is -3.22. The van der Waals surface area contributed by atoms with Gasteiger partial charge in [0.15, 0.2) is 0 Å². The minimum atomic E-state index is -0.152. The SMILES string of the molecule is CCn1ccc(C(=O)NCC2CCc3nc(-c4ccccc4)[nH]c(=O)c3CC2)n1. The molecule has 29 heavy (non-hydrogen) atoms. The van der Waals surface area contributed by atoms with Crippen molar-refractivity contribution in [3.05, 3.63) is 69.9 Å². The lowest BCUT2D eigenvalue weighted by molar-refractivity contribution is 0.0940. The smallest absolute Gasteiger partial charge is 0.271 e. The maximum Gasteiger partial charge on any atom is 0.271 e. The van der Waals surface area contributed by atoms with Crippen LogP contribution >= 0.6 is 0 Å². The number of aryl methyl sites for hydroxylation is 2. The van der Waals surface area contributed by atoms with Gasteiger partial charge in [-0.2, -0.15) is 5.10 Å². The predicted molar refractivity (Wildman–Crippen MR) is 111 cm³/mol. The molecule has 0 saturated carbocycles. The van der Waals surface area contributed by atoms with Crippen molar-refractivity contribution in [2.24, 2.45) is 5.92 Å². The van der Waals surface area contributed by atoms with Crippen molar-refractivity contribution < 1.29 is 4.79 Å². The number of carbonyl (C=O) groups excluding carboxylic acids is 1. The number of H-pyrrole nitrogens is 1. The van der Waals surface area contributed by atoms with E-state index in [9.17, 15) is 9.59 Å². The van der Waals surface area contributed by atoms with Crippen LogP contribution in [0.15, 0.2) is 47.4 Å². The lowest BCUT2D eigenvalue weighted by atomic mass is 10.00. The summed E-state index contributed by atoms with van der Waals surface area (Å²) in [4.78, 5) is 32.6. The van der Waals surface area contributed by atoms with Crippen LogP contribution in [0.2, 0.25) is 0 Å². The molecule has 1 atom stereocenters. The van der Waals surface area contributed by atoms with Crippen LogP contribution in [0.1, 0.15) is 41.5 Å². The summed E-state index contributed by atoms with van der Waals surface area (Å²) in [6.45, 7) is 3.30. The van der Waals surface area contributed by atoms with E-state index in [4.69, 9.17) is 4.98 Å². The van der Waals surface area contributed by atoms with Gasteiger partial charge in [0.05, 0.1) is 5.69 Å². The van der Waals surface area contributed by atoms with Crippen LogP contribution in [-0.2, 0) is 19.4 Å². The Labute approximate surface area is 169 Å². The van der Waals surface area contributed by atoms with E-state index in [0.717, 1.165) is 42.6 Å². The summed E-state index contributed by atoms with van der Waals surface area (Å²) in [5.41, 5.74) is 2.95. The highest BCUT2D eigenvalue weighted by Gasteiger charge is 2.21. The molecule has 1 aliphatic carbocycles. The molecule has 0 radical (unpaired) electrons. The first-order valence-electron chi connectivity index (χ1n) is 10.1. The Morgan fingerprint density at radius 1 is 1.21 bits per heavy atom. The van der Waals surface area contributed by atoms with E-state index in [-0.39, 0.29) is 11.5 Å². The number of nitrogens with one attached hydrogen (secondary N) is 2. The molecule has 7 nitrogen and oxygen atoms in total. The van der Waals surface area contributed by atoms with Gasteiger partial charge in [-0.3, -0.25) is 14.3 Å². The van der Waals surface area contributed by atoms with Gasteiger partial charge < -0.3 is 10.3 Å². The topological polar surface area (TPSA) is 92.7 Å². The zero-order valence-electron chi connectivity index (χ0n) is 16.5. The van der Waals surface area contributed by atoms with Crippen LogP contribution in [-0.4, -0.2) is 32.2 Å². The van der Waals surface area contributed by atoms with E-state index in [1.807, 2.05) is 37.3 Å². The van der Waals surface area contributed by atoms with Gasteiger partial charge in [-0.15, -0.1) is 0 Å². The van der Waals surface area contributed by atoms with E-state index < -0.39 is 0 Å². The molecule has 1 unspecified atom stereocenters. The molecule has 1 aromatic carbocycles. The summed E-state index contributed by atoms with van der Waals surface area (Å²) in [6, 6.07) is 11.4. The van der Waals surface area contributed by atoms with Crippen molar-refractivity contribution in [2.45, 2.75) is 39.2 Å². The van der Waals surface area contributed by atoms with Gasteiger partial charge in [-0.05, 0) is 44.6 Å². The molecule has 7 heteroatoms. The predicted octanol–water partition coefficient (Wildman–Crippen LogP) is 2.58. The normalized spacial score (nSPS) is 16.1. The molecule has 0 fully saturated rings. The zero-order valence-corrected chi connectivity index (χ0v) is 16.5. The number of nitrogens with zero attached hydrogens (tertiary/aromatic N) is 3. The quantitative estimate of drug-likeness (QED) is 0.654. The summed E-state index contributed by atoms with van der Waals surface area (Å²) in [6.07, 6.45) is 4.97. The summed E-state index contributed by atoms with van der Waals surface area (Å²) in [5.74, 6) is 0.773. The van der Waals surface area contributed by atoms with Gasteiger partial charge in [0.25, 0.3) is 11.5 Å². The number of hydrogen-bond acceptors (Lipinski definition) is 4. The van der Waals surface area contributed by atoms with Crippen molar-refractivity contribution in [1.82, 2.24) is 25.1 Å². The van der Waals surface area contributed by atoms with Crippen LogP contribution in [0.4, 0.5) is 0 Å². The Balaban J connectivity index is 1.42. The molecular weight excluding hydrogens is 366 g/mol. The number of aromatic amines is 1. The first kappa shape index (κ1) is 19.1. The molecule has 2 heterocycles. The number of benzene rings is 1. The van der Waals surface area contributed by atoms with E-state index >= 15 is 0 Å². The van der Waals surface area contributed by atoms with Gasteiger partial charge in [0.2, 0.25) is 0 Å². The Bertz CT molecular complexity index is 1050. The van der Waals surface area contributed by atoms with Crippen LogP contribution in [0.5, 0.6) is 0 Å². The molecule has 4 rings (SSSR count). The fourth-order valence-electron chi connectivity index (χ4n) is 3.77. The number of rotatable bonds is 5. The Morgan fingerprint density at radius 3 is 2.76 bits per heavy atom. The van der Waals surface area contributed by atoms with Crippen molar-refractivity contribution >= 4 is 5.91 Å². The second-order valence-corrected chi connectivity index (χ2v) is 7.42. The fourth-order valence-corrected chi connectivity index (χ4v) is 3.77. The number of carbonyl (C=O) groups is 1. The first-order valence-corrected chi connectivity index (χ1v) is 10.1. The molecule has 0 aliphatic heterocycles. The monoisotopic (exact) mass is 391 g/mol. The van der Waals surface area contributed by atoms with Gasteiger partial charge in [-0.1, -0.05) is 30.3 Å². The van der Waals surface area contributed by atoms with Crippen molar-refractivity contribution in [1.29, 1.82) is 0 Å². The minimum absolute atomic E-state index is 0.0522. The van der Waals surface area contributed by atoms with Gasteiger partial charge in [-0.25, -0.2) is 4.98 Å². The molecule has 1 aliphatic rings. The number of hydrogen-bond donors (Lipinski definition) is 2. The van der Waals surface area contributed by atoms with Gasteiger partial charge in [0.1, 0.15) is 11.5 Å². The third-order valence-electron chi connectivity index (χ3n) is 5.49. The van der Waals surface area contributed by atoms with Crippen LogP contribution in [0, 0.1) is 5.92 Å². The van der Waals surface area contributed by atoms with E-state index in [1.54, 1.807) is 16.9 Å². The summed E-state index contributed by atoms with van der Waals surface area (Å²) in [5, 5.41) is 7.23. The van der Waals surface area contributed by atoms with Gasteiger partial charge in [0, 0.05) is 30.4 Å². The third kappa shape index (κ3) is 4.29. The molecular formula is C22H25N5O2. The highest BCUT2D eigenvalue weighted by molar-refractivity contribution is 5.92. The zero-order chi connectivity index (χ0) is 20.2. The minimum Gasteiger partial charge on any atom is -0.350 e. The molecule has 0 saturated heterocycles. The largest absolute Gasteiger partial charge is 0.350 e. The maximum atomic E-state index is 12.6. The molecule has 2 aromatic heterocycles. The molecule has 0 spiro atoms. The fraction of sp³-hybridized carbons (Fsp3) is 0.364. The van der Waals surface area contributed by atoms with Crippen molar-refractivity contribution in [2.75, 3.05) is 6.54 Å². The number of amides is 1. The first-order chi connectivity index (χ1) is 14.1. The lowest BCUT2D eigenvalue weighted by Crippen LogP contribution is -2.30. The molecule has 1 amide bonds. The van der Waals surface area contributed by atoms with E-state index in [2.05, 4.69) is 15.4 Å². The summed E-state index contributed by atoms with van der Waals surface area (Å²) in [7, 11) is 0. The lowest BCUT2D eigenvalue weighted by Gasteiger charge is -2.14. The Kier molecular flexibility index (Phi) is 5.55. The summed E-state index contributed by atoms with van der Waals surface area (Å²) >= 11 is 0. The number of aromatic nitrogens is 4. The van der Waals surface area contributed by atoms with Crippen LogP contribution in [0.25, 0.3) is 11.4 Å². The van der Waals surface area contributed by atoms with Crippen molar-refractivity contribution in [3.63, 3.8) is 0 Å². The third-order valence-corrected chi connectivity index (χ3v) is 5.49. The molecule has 2 N–H and O–H groups in total. The van der Waals surface area contributed by atoms with E-state index in [0.29, 0.717) is 30.4 Å². The van der Waals surface area contributed by atoms with Crippen molar-refractivity contribution in [3.8, 4) is 11.4 Å². The van der Waals surface area contributed by atoms with Gasteiger partial charge >= 0.3 is 0 Å². The second kappa shape index (κ2) is 8.43. The second-order valence-electron chi connectivity index (χ2n) is 7.42. The molecule has 3 aromatic rings. The van der Waals surface area contributed by atoms with Crippen LogP contribution in [0.3, 0.4) is 0 Å². The average Bonchev–Trinajstić information content (AvgIpc) is 3.14.